The Kier molecular flexibility index (Phi) is 6.51. The molecule has 0 spiro atoms. The smallest absolute Gasteiger partial charge is 0.259 e. The maximum Gasteiger partial charge on any atom is 0.259 e. The monoisotopic (exact) mass is 503 g/mol. The molecule has 1 aromatic carbocycles. The van der Waals surface area contributed by atoms with Crippen molar-refractivity contribution in [1.29, 1.82) is 0 Å². The van der Waals surface area contributed by atoms with E-state index in [1.165, 1.54) is 24.4 Å². The van der Waals surface area contributed by atoms with Crippen molar-refractivity contribution in [2.75, 3.05) is 25.0 Å². The first kappa shape index (κ1) is 24.6. The Hall–Kier alpha value is -4.05. The molecule has 0 saturated carbocycles. The van der Waals surface area contributed by atoms with Crippen molar-refractivity contribution in [3.63, 3.8) is 0 Å². The number of carbonyl (C=O) groups excluding carboxylic acids is 2. The highest BCUT2D eigenvalue weighted by molar-refractivity contribution is 6.09. The second-order valence-electron chi connectivity index (χ2n) is 9.95. The molecular weight excluding hydrogens is 473 g/mol. The van der Waals surface area contributed by atoms with Crippen molar-refractivity contribution >= 4 is 23.0 Å². The van der Waals surface area contributed by atoms with Gasteiger partial charge in [0.1, 0.15) is 5.82 Å². The van der Waals surface area contributed by atoms with Crippen LogP contribution in [-0.2, 0) is 7.05 Å². The van der Waals surface area contributed by atoms with E-state index in [1.807, 2.05) is 19.2 Å². The number of hydrogen-bond acceptors (Lipinski definition) is 5. The summed E-state index contributed by atoms with van der Waals surface area (Å²) in [5, 5.41) is 14.0. The van der Waals surface area contributed by atoms with E-state index < -0.39 is 11.7 Å². The summed E-state index contributed by atoms with van der Waals surface area (Å²) in [6.07, 6.45) is 7.24. The highest BCUT2D eigenvalue weighted by atomic mass is 19.1. The largest absolute Gasteiger partial charge is 0.351 e. The number of benzene rings is 1. The Morgan fingerprint density at radius 1 is 1.11 bits per heavy atom. The molecule has 37 heavy (non-hydrogen) atoms. The Labute approximate surface area is 214 Å². The predicted molar refractivity (Wildman–Crippen MR) is 139 cm³/mol. The fourth-order valence-corrected chi connectivity index (χ4v) is 4.90. The first-order chi connectivity index (χ1) is 17.7. The molecule has 9 nitrogen and oxygen atoms in total. The van der Waals surface area contributed by atoms with Crippen LogP contribution in [-0.4, -0.2) is 61.3 Å². The lowest BCUT2D eigenvalue weighted by molar-refractivity contribution is 0.0939. The van der Waals surface area contributed by atoms with Gasteiger partial charge in [-0.05, 0) is 69.6 Å². The molecule has 3 aromatic heterocycles. The van der Waals surface area contributed by atoms with Gasteiger partial charge >= 0.3 is 0 Å². The average Bonchev–Trinajstić information content (AvgIpc) is 3.58. The lowest BCUT2D eigenvalue weighted by Gasteiger charge is -2.31. The molecule has 1 fully saturated rings. The van der Waals surface area contributed by atoms with E-state index in [9.17, 15) is 14.0 Å². The van der Waals surface area contributed by atoms with E-state index in [4.69, 9.17) is 0 Å². The number of amides is 2. The van der Waals surface area contributed by atoms with E-state index in [-0.39, 0.29) is 22.7 Å². The van der Waals surface area contributed by atoms with Crippen molar-refractivity contribution in [3.05, 3.63) is 71.9 Å². The van der Waals surface area contributed by atoms with Gasteiger partial charge in [-0.3, -0.25) is 19.2 Å². The first-order valence-corrected chi connectivity index (χ1v) is 12.3. The van der Waals surface area contributed by atoms with Gasteiger partial charge in [0.15, 0.2) is 0 Å². The van der Waals surface area contributed by atoms with E-state index in [0.717, 1.165) is 37.2 Å². The second-order valence-corrected chi connectivity index (χ2v) is 9.95. The maximum absolute atomic E-state index is 14.6. The molecule has 10 heteroatoms. The molecular formula is C27H30FN7O2. The van der Waals surface area contributed by atoms with Crippen LogP contribution in [0.2, 0.25) is 0 Å². The standard InChI is InChI=1S/C27H30FN7O2/c1-27(2)10-4-13-34(27)14-12-29-25(36)18-5-7-21(28)22(15-18)32-26(37)20-16-31-35-17-19(6-8-24(20)35)23-9-11-30-33(23)3/h5-9,11,15-17H,4,10,12-14H2,1-3H3,(H,29,36)(H,32,37). The van der Waals surface area contributed by atoms with Gasteiger partial charge in [-0.1, -0.05) is 0 Å². The van der Waals surface area contributed by atoms with Crippen LogP contribution in [0.3, 0.4) is 0 Å². The van der Waals surface area contributed by atoms with Crippen molar-refractivity contribution in [3.8, 4) is 11.3 Å². The number of aryl methyl sites for hydroxylation is 1. The Morgan fingerprint density at radius 3 is 2.68 bits per heavy atom. The molecule has 4 heterocycles. The summed E-state index contributed by atoms with van der Waals surface area (Å²) in [6.45, 7) is 6.68. The number of pyridine rings is 1. The predicted octanol–water partition coefficient (Wildman–Crippen LogP) is 3.73. The number of nitrogens with one attached hydrogen (secondary N) is 2. The zero-order chi connectivity index (χ0) is 26.2. The van der Waals surface area contributed by atoms with Gasteiger partial charge in [-0.25, -0.2) is 8.91 Å². The zero-order valence-electron chi connectivity index (χ0n) is 21.2. The van der Waals surface area contributed by atoms with Crippen molar-refractivity contribution in [2.24, 2.45) is 7.05 Å². The summed E-state index contributed by atoms with van der Waals surface area (Å²) in [4.78, 5) is 28.1. The zero-order valence-corrected chi connectivity index (χ0v) is 21.2. The lowest BCUT2D eigenvalue weighted by Crippen LogP contribution is -2.43. The third-order valence-electron chi connectivity index (χ3n) is 7.09. The van der Waals surface area contributed by atoms with Crippen molar-refractivity contribution in [2.45, 2.75) is 32.2 Å². The Bertz CT molecular complexity index is 1470. The maximum atomic E-state index is 14.6. The summed E-state index contributed by atoms with van der Waals surface area (Å²) in [5.74, 6) is -1.46. The SMILES string of the molecule is Cn1nccc1-c1ccc2c(C(=O)Nc3cc(C(=O)NCCN4CCCC4(C)C)ccc3F)cnn2c1. The van der Waals surface area contributed by atoms with E-state index in [2.05, 4.69) is 39.6 Å². The molecule has 0 unspecified atom stereocenters. The number of halogens is 1. The van der Waals surface area contributed by atoms with Crippen LogP contribution in [0.5, 0.6) is 0 Å². The molecule has 1 saturated heterocycles. The minimum atomic E-state index is -0.626. The number of rotatable bonds is 7. The van der Waals surface area contributed by atoms with Crippen LogP contribution in [0.25, 0.3) is 16.8 Å². The fourth-order valence-electron chi connectivity index (χ4n) is 4.90. The molecule has 1 aliphatic rings. The molecule has 0 radical (unpaired) electrons. The van der Waals surface area contributed by atoms with Crippen LogP contribution in [0, 0.1) is 5.82 Å². The van der Waals surface area contributed by atoms with Crippen LogP contribution in [0.1, 0.15) is 47.4 Å². The molecule has 192 valence electrons. The number of hydrogen-bond donors (Lipinski definition) is 2. The quantitative estimate of drug-likeness (QED) is 0.401. The molecule has 0 atom stereocenters. The van der Waals surface area contributed by atoms with Crippen molar-refractivity contribution in [1.82, 2.24) is 29.6 Å². The minimum Gasteiger partial charge on any atom is -0.351 e. The van der Waals surface area contributed by atoms with Crippen LogP contribution in [0.4, 0.5) is 10.1 Å². The Balaban J connectivity index is 1.27. The van der Waals surface area contributed by atoms with Gasteiger partial charge in [0.2, 0.25) is 0 Å². The minimum absolute atomic E-state index is 0.0656. The normalized spacial score (nSPS) is 15.2. The summed E-state index contributed by atoms with van der Waals surface area (Å²) in [6, 6.07) is 9.50. The summed E-state index contributed by atoms with van der Waals surface area (Å²) in [7, 11) is 1.85. The van der Waals surface area contributed by atoms with E-state index in [1.54, 1.807) is 27.7 Å². The summed E-state index contributed by atoms with van der Waals surface area (Å²) in [5.41, 5.74) is 3.00. The van der Waals surface area contributed by atoms with Gasteiger partial charge < -0.3 is 10.6 Å². The molecule has 1 aliphatic heterocycles. The number of aromatic nitrogens is 4. The number of carbonyl (C=O) groups is 2. The van der Waals surface area contributed by atoms with Crippen LogP contribution in [0.15, 0.2) is 55.0 Å². The van der Waals surface area contributed by atoms with E-state index in [0.29, 0.717) is 17.6 Å². The fraction of sp³-hybridized carbons (Fsp3) is 0.333. The molecule has 0 bridgehead atoms. The molecule has 2 N–H and O–H groups in total. The molecule has 0 aliphatic carbocycles. The van der Waals surface area contributed by atoms with E-state index >= 15 is 0 Å². The third-order valence-corrected chi connectivity index (χ3v) is 7.09. The average molecular weight is 504 g/mol. The summed E-state index contributed by atoms with van der Waals surface area (Å²) >= 11 is 0. The van der Waals surface area contributed by atoms with Gasteiger partial charge in [-0.2, -0.15) is 10.2 Å². The first-order valence-electron chi connectivity index (χ1n) is 12.3. The van der Waals surface area contributed by atoms with Gasteiger partial charge in [0, 0.05) is 49.2 Å². The number of anilines is 1. The molecule has 5 rings (SSSR count). The van der Waals surface area contributed by atoms with Crippen molar-refractivity contribution < 1.29 is 14.0 Å². The highest BCUT2D eigenvalue weighted by Crippen LogP contribution is 2.27. The second kappa shape index (κ2) is 9.78. The third kappa shape index (κ3) is 4.97. The lowest BCUT2D eigenvalue weighted by atomic mass is 10.0. The van der Waals surface area contributed by atoms with Gasteiger partial charge in [0.05, 0.1) is 28.7 Å². The number of likely N-dealkylation sites (tertiary alicyclic amines) is 1. The number of nitrogens with zero attached hydrogens (tertiary/aromatic N) is 5. The van der Waals surface area contributed by atoms with Crippen LogP contribution < -0.4 is 10.6 Å². The molecule has 4 aromatic rings. The topological polar surface area (TPSA) is 96.6 Å². The van der Waals surface area contributed by atoms with Crippen LogP contribution >= 0.6 is 0 Å². The van der Waals surface area contributed by atoms with Gasteiger partial charge in [0.25, 0.3) is 11.8 Å². The number of fused-ring (bicyclic) bond motifs is 1. The summed E-state index contributed by atoms with van der Waals surface area (Å²) < 4.78 is 17.9. The van der Waals surface area contributed by atoms with Gasteiger partial charge in [-0.15, -0.1) is 0 Å². The highest BCUT2D eigenvalue weighted by Gasteiger charge is 2.31. The Morgan fingerprint density at radius 2 is 1.95 bits per heavy atom. The molecule has 2 amide bonds.